The van der Waals surface area contributed by atoms with Crippen molar-refractivity contribution in [3.63, 3.8) is 0 Å². The van der Waals surface area contributed by atoms with E-state index in [0.717, 1.165) is 0 Å². The summed E-state index contributed by atoms with van der Waals surface area (Å²) in [5.41, 5.74) is 0. The van der Waals surface area contributed by atoms with Gasteiger partial charge >= 0.3 is 5.97 Å². The topological polar surface area (TPSA) is 70.8 Å². The van der Waals surface area contributed by atoms with Crippen LogP contribution in [0.1, 0.15) is 18.6 Å². The van der Waals surface area contributed by atoms with Crippen molar-refractivity contribution in [2.45, 2.75) is 19.4 Å². The predicted molar refractivity (Wildman–Crippen MR) is 75.9 cm³/mol. The number of amides is 1. The van der Waals surface area contributed by atoms with Gasteiger partial charge in [0.25, 0.3) is 0 Å². The maximum atomic E-state index is 12.4. The molecule has 2 atom stereocenters. The molecule has 1 N–H and O–H groups in total. The fourth-order valence-electron chi connectivity index (χ4n) is 2.39. The largest absolute Gasteiger partial charge is 0.481 e. The Morgan fingerprint density at radius 3 is 2.55 bits per heavy atom. The highest BCUT2D eigenvalue weighted by Crippen LogP contribution is 2.28. The van der Waals surface area contributed by atoms with Crippen LogP contribution in [0, 0.1) is 11.8 Å². The van der Waals surface area contributed by atoms with Gasteiger partial charge in [-0.1, -0.05) is 12.2 Å². The van der Waals surface area contributed by atoms with Crippen molar-refractivity contribution in [2.75, 3.05) is 7.05 Å². The number of furan rings is 1. The average Bonchev–Trinajstić information content (AvgIpc) is 2.83. The number of carbonyl (C=O) groups is 2. The molecular weight excluding hydrogens is 326 g/mol. The number of nitrogens with zero attached hydrogens (tertiary/aromatic N) is 1. The number of carboxylic acids is 1. The molecule has 0 saturated carbocycles. The lowest BCUT2D eigenvalue weighted by Gasteiger charge is -2.28. The molecular formula is C14H16BrNO4. The van der Waals surface area contributed by atoms with Gasteiger partial charge in [-0.25, -0.2) is 0 Å². The zero-order valence-electron chi connectivity index (χ0n) is 11.1. The summed E-state index contributed by atoms with van der Waals surface area (Å²) in [6.07, 6.45) is 4.58. The lowest BCUT2D eigenvalue weighted by molar-refractivity contribution is -0.150. The Morgan fingerprint density at radius 2 is 2.00 bits per heavy atom. The maximum Gasteiger partial charge on any atom is 0.307 e. The van der Waals surface area contributed by atoms with E-state index in [4.69, 9.17) is 4.42 Å². The zero-order valence-corrected chi connectivity index (χ0v) is 12.7. The Kier molecular flexibility index (Phi) is 4.65. The highest BCUT2D eigenvalue weighted by atomic mass is 79.9. The van der Waals surface area contributed by atoms with E-state index in [9.17, 15) is 14.7 Å². The summed E-state index contributed by atoms with van der Waals surface area (Å²) < 4.78 is 5.97. The number of hydrogen-bond donors (Lipinski definition) is 1. The fourth-order valence-corrected chi connectivity index (χ4v) is 2.73. The van der Waals surface area contributed by atoms with E-state index < -0.39 is 17.8 Å². The van der Waals surface area contributed by atoms with Gasteiger partial charge in [0.2, 0.25) is 5.91 Å². The molecule has 5 nitrogen and oxygen atoms in total. The van der Waals surface area contributed by atoms with Crippen LogP contribution < -0.4 is 0 Å². The minimum absolute atomic E-state index is 0.158. The summed E-state index contributed by atoms with van der Waals surface area (Å²) in [7, 11) is 1.66. The van der Waals surface area contributed by atoms with Gasteiger partial charge in [0.15, 0.2) is 4.67 Å². The second-order valence-corrected chi connectivity index (χ2v) is 5.68. The average molecular weight is 342 g/mol. The molecule has 0 radical (unpaired) electrons. The minimum atomic E-state index is -0.915. The number of carboxylic acid groups (broad SMARTS) is 1. The van der Waals surface area contributed by atoms with Crippen LogP contribution in [-0.4, -0.2) is 28.9 Å². The van der Waals surface area contributed by atoms with E-state index in [0.29, 0.717) is 29.8 Å². The molecule has 6 heteroatoms. The quantitative estimate of drug-likeness (QED) is 0.854. The number of carbonyl (C=O) groups excluding carboxylic acids is 1. The third-order valence-corrected chi connectivity index (χ3v) is 3.89. The first kappa shape index (κ1) is 14.8. The van der Waals surface area contributed by atoms with Crippen molar-refractivity contribution in [1.29, 1.82) is 0 Å². The molecule has 0 saturated heterocycles. The molecule has 1 aromatic rings. The van der Waals surface area contributed by atoms with Gasteiger partial charge in [-0.2, -0.15) is 0 Å². The molecule has 1 aliphatic rings. The van der Waals surface area contributed by atoms with Gasteiger partial charge in [-0.3, -0.25) is 9.59 Å². The highest BCUT2D eigenvalue weighted by Gasteiger charge is 2.35. The molecule has 108 valence electrons. The number of rotatable bonds is 4. The van der Waals surface area contributed by atoms with Crippen molar-refractivity contribution in [2.24, 2.45) is 11.8 Å². The third kappa shape index (κ3) is 3.30. The first-order valence-electron chi connectivity index (χ1n) is 6.36. The van der Waals surface area contributed by atoms with Crippen molar-refractivity contribution in [3.05, 3.63) is 34.7 Å². The molecule has 1 heterocycles. The van der Waals surface area contributed by atoms with Crippen LogP contribution >= 0.6 is 15.9 Å². The van der Waals surface area contributed by atoms with Crippen LogP contribution in [0.3, 0.4) is 0 Å². The SMILES string of the molecule is CN(Cc1ccc(Br)o1)C(=O)[C@H]1CC=CC[C@H]1C(=O)O. The Balaban J connectivity index is 2.05. The van der Waals surface area contributed by atoms with Crippen LogP contribution in [0.5, 0.6) is 0 Å². The number of halogens is 1. The standard InChI is InChI=1S/C14H16BrNO4/c1-16(8-9-6-7-12(15)20-9)13(17)10-4-2-3-5-11(10)14(18)19/h2-3,6-7,10-11H,4-5,8H2,1H3,(H,18,19)/t10-,11+/m0/s1. The van der Waals surface area contributed by atoms with Gasteiger partial charge in [0.1, 0.15) is 5.76 Å². The van der Waals surface area contributed by atoms with E-state index in [1.165, 1.54) is 4.90 Å². The van der Waals surface area contributed by atoms with Crippen LogP contribution in [0.25, 0.3) is 0 Å². The second kappa shape index (κ2) is 6.26. The van der Waals surface area contributed by atoms with E-state index in [1.807, 2.05) is 12.2 Å². The van der Waals surface area contributed by atoms with E-state index >= 15 is 0 Å². The Hall–Kier alpha value is -1.56. The summed E-state index contributed by atoms with van der Waals surface area (Å²) in [6, 6.07) is 3.54. The van der Waals surface area contributed by atoms with Gasteiger partial charge in [0.05, 0.1) is 18.4 Å². The summed E-state index contributed by atoms with van der Waals surface area (Å²) in [6.45, 7) is 0.330. The molecule has 0 fully saturated rings. The summed E-state index contributed by atoms with van der Waals surface area (Å²) in [4.78, 5) is 25.1. The van der Waals surface area contributed by atoms with Crippen LogP contribution in [0.2, 0.25) is 0 Å². The summed E-state index contributed by atoms with van der Waals surface area (Å²) in [5, 5.41) is 9.20. The lowest BCUT2D eigenvalue weighted by Crippen LogP contribution is -2.39. The first-order valence-corrected chi connectivity index (χ1v) is 7.15. The van der Waals surface area contributed by atoms with Crippen molar-refractivity contribution < 1.29 is 19.1 Å². The Labute approximate surface area is 125 Å². The van der Waals surface area contributed by atoms with Gasteiger partial charge in [-0.15, -0.1) is 0 Å². The predicted octanol–water partition coefficient (Wildman–Crippen LogP) is 2.67. The van der Waals surface area contributed by atoms with E-state index in [2.05, 4.69) is 15.9 Å². The van der Waals surface area contributed by atoms with E-state index in [-0.39, 0.29) is 5.91 Å². The molecule has 0 aliphatic heterocycles. The lowest BCUT2D eigenvalue weighted by atomic mass is 9.82. The molecule has 1 aliphatic carbocycles. The number of hydrogen-bond acceptors (Lipinski definition) is 3. The highest BCUT2D eigenvalue weighted by molar-refractivity contribution is 9.10. The summed E-state index contributed by atoms with van der Waals surface area (Å²) in [5.74, 6) is -1.55. The second-order valence-electron chi connectivity index (χ2n) is 4.89. The van der Waals surface area contributed by atoms with Gasteiger partial charge in [0, 0.05) is 7.05 Å². The summed E-state index contributed by atoms with van der Waals surface area (Å²) >= 11 is 3.21. The molecule has 0 spiro atoms. The molecule has 2 rings (SSSR count). The Morgan fingerprint density at radius 1 is 1.35 bits per heavy atom. The fraction of sp³-hybridized carbons (Fsp3) is 0.429. The maximum absolute atomic E-state index is 12.4. The van der Waals surface area contributed by atoms with Crippen molar-refractivity contribution >= 4 is 27.8 Å². The smallest absolute Gasteiger partial charge is 0.307 e. The number of allylic oxidation sites excluding steroid dienone is 2. The monoisotopic (exact) mass is 341 g/mol. The third-order valence-electron chi connectivity index (χ3n) is 3.46. The van der Waals surface area contributed by atoms with E-state index in [1.54, 1.807) is 19.2 Å². The van der Waals surface area contributed by atoms with Gasteiger partial charge in [-0.05, 0) is 40.9 Å². The molecule has 1 aromatic heterocycles. The molecule has 0 bridgehead atoms. The molecule has 0 unspecified atom stereocenters. The minimum Gasteiger partial charge on any atom is -0.481 e. The number of aliphatic carboxylic acids is 1. The first-order chi connectivity index (χ1) is 9.49. The normalized spacial score (nSPS) is 21.7. The van der Waals surface area contributed by atoms with Crippen molar-refractivity contribution in [3.8, 4) is 0 Å². The van der Waals surface area contributed by atoms with Crippen LogP contribution in [-0.2, 0) is 16.1 Å². The van der Waals surface area contributed by atoms with Crippen LogP contribution in [0.4, 0.5) is 0 Å². The van der Waals surface area contributed by atoms with Gasteiger partial charge < -0.3 is 14.4 Å². The molecule has 20 heavy (non-hydrogen) atoms. The molecule has 0 aromatic carbocycles. The zero-order chi connectivity index (χ0) is 14.7. The van der Waals surface area contributed by atoms with Crippen LogP contribution in [0.15, 0.2) is 33.4 Å². The molecule has 1 amide bonds. The Bertz CT molecular complexity index is 537. The van der Waals surface area contributed by atoms with Crippen molar-refractivity contribution in [1.82, 2.24) is 4.90 Å².